The highest BCUT2D eigenvalue weighted by Gasteiger charge is 2.36. The Morgan fingerprint density at radius 3 is 2.40 bits per heavy atom. The van der Waals surface area contributed by atoms with Crippen molar-refractivity contribution >= 4 is 35.0 Å². The first-order valence-electron chi connectivity index (χ1n) is 9.51. The third-order valence-electron chi connectivity index (χ3n) is 4.90. The highest BCUT2D eigenvalue weighted by molar-refractivity contribution is 6.34. The first-order chi connectivity index (χ1) is 14.5. The van der Waals surface area contributed by atoms with Gasteiger partial charge in [0.05, 0.1) is 27.5 Å². The number of aromatic nitrogens is 2. The number of carbonyl (C=O) groups is 3. The average Bonchev–Trinajstić information content (AvgIpc) is 3.21. The summed E-state index contributed by atoms with van der Waals surface area (Å²) in [6.07, 6.45) is 2.44. The topological polar surface area (TPSA) is 84.3 Å². The number of benzene rings is 2. The van der Waals surface area contributed by atoms with Crippen LogP contribution in [0.1, 0.15) is 43.2 Å². The number of nitrogens with zero attached hydrogens (tertiary/aromatic N) is 3. The lowest BCUT2D eigenvalue weighted by molar-refractivity contribution is 0.0919. The molecule has 30 heavy (non-hydrogen) atoms. The lowest BCUT2D eigenvalue weighted by Crippen LogP contribution is -2.30. The molecule has 152 valence electrons. The van der Waals surface area contributed by atoms with E-state index in [-0.39, 0.29) is 17.7 Å². The lowest BCUT2D eigenvalue weighted by atomic mass is 10.1. The predicted molar refractivity (Wildman–Crippen MR) is 113 cm³/mol. The summed E-state index contributed by atoms with van der Waals surface area (Å²) in [4.78, 5) is 38.9. The van der Waals surface area contributed by atoms with Crippen LogP contribution in [0.15, 0.2) is 54.7 Å². The monoisotopic (exact) mass is 422 g/mol. The minimum atomic E-state index is -0.388. The number of rotatable bonds is 6. The van der Waals surface area contributed by atoms with Crippen LogP contribution in [0.5, 0.6) is 0 Å². The molecule has 0 bridgehead atoms. The van der Waals surface area contributed by atoms with Crippen molar-refractivity contribution in [3.63, 3.8) is 0 Å². The number of aryl methyl sites for hydroxylation is 2. The Labute approximate surface area is 178 Å². The number of hydrogen-bond acceptors (Lipinski definition) is 4. The molecule has 2 heterocycles. The van der Waals surface area contributed by atoms with E-state index < -0.39 is 0 Å². The molecular weight excluding hydrogens is 404 g/mol. The highest BCUT2D eigenvalue weighted by atomic mass is 35.5. The summed E-state index contributed by atoms with van der Waals surface area (Å²) in [5.41, 5.74) is 2.25. The molecule has 0 spiro atoms. The predicted octanol–water partition coefficient (Wildman–Crippen LogP) is 3.47. The van der Waals surface area contributed by atoms with Crippen LogP contribution in [0.2, 0.25) is 5.02 Å². The van der Waals surface area contributed by atoms with Crippen LogP contribution in [-0.2, 0) is 6.54 Å². The average molecular weight is 423 g/mol. The molecule has 1 aromatic heterocycles. The molecule has 0 aliphatic carbocycles. The van der Waals surface area contributed by atoms with Gasteiger partial charge in [0, 0.05) is 24.8 Å². The number of imide groups is 1. The molecule has 1 N–H and O–H groups in total. The summed E-state index contributed by atoms with van der Waals surface area (Å²) in [6.45, 7) is 2.91. The van der Waals surface area contributed by atoms with E-state index in [4.69, 9.17) is 11.6 Å². The Morgan fingerprint density at radius 2 is 1.77 bits per heavy atom. The standard InChI is InChI=1S/C22H19ClN4O3/c1-14-19(23)13-26(25-14)11-5-10-24-20(28)15-6-4-7-16(12-15)27-21(29)17-8-2-3-9-18(17)22(27)30/h2-4,6-9,12-13H,5,10-11H2,1H3,(H,24,28). The fourth-order valence-corrected chi connectivity index (χ4v) is 3.51. The summed E-state index contributed by atoms with van der Waals surface area (Å²) in [6, 6.07) is 13.2. The third kappa shape index (κ3) is 3.71. The second kappa shape index (κ2) is 8.12. The van der Waals surface area contributed by atoms with Crippen molar-refractivity contribution in [1.29, 1.82) is 0 Å². The largest absolute Gasteiger partial charge is 0.352 e. The van der Waals surface area contributed by atoms with Crippen molar-refractivity contribution in [2.75, 3.05) is 11.4 Å². The van der Waals surface area contributed by atoms with Crippen LogP contribution in [0, 0.1) is 6.92 Å². The molecule has 0 saturated carbocycles. The molecule has 0 saturated heterocycles. The smallest absolute Gasteiger partial charge is 0.266 e. The summed E-state index contributed by atoms with van der Waals surface area (Å²) in [5.74, 6) is -1.05. The van der Waals surface area contributed by atoms with E-state index in [1.807, 2.05) is 6.92 Å². The first kappa shape index (κ1) is 19.8. The molecule has 1 aliphatic rings. The zero-order chi connectivity index (χ0) is 21.3. The summed E-state index contributed by atoms with van der Waals surface area (Å²) >= 11 is 5.99. The van der Waals surface area contributed by atoms with Crippen LogP contribution in [0.4, 0.5) is 5.69 Å². The van der Waals surface area contributed by atoms with Crippen LogP contribution in [0.25, 0.3) is 0 Å². The second-order valence-corrected chi connectivity index (χ2v) is 7.38. The molecule has 4 rings (SSSR count). The SMILES string of the molecule is Cc1nn(CCCNC(=O)c2cccc(N3C(=O)c4ccccc4C3=O)c2)cc1Cl. The highest BCUT2D eigenvalue weighted by Crippen LogP contribution is 2.28. The molecule has 1 aliphatic heterocycles. The third-order valence-corrected chi connectivity index (χ3v) is 5.27. The normalized spacial score (nSPS) is 12.9. The van der Waals surface area contributed by atoms with Gasteiger partial charge in [-0.2, -0.15) is 5.10 Å². The van der Waals surface area contributed by atoms with Gasteiger partial charge in [0.15, 0.2) is 0 Å². The van der Waals surface area contributed by atoms with E-state index >= 15 is 0 Å². The Morgan fingerprint density at radius 1 is 1.07 bits per heavy atom. The molecule has 3 amide bonds. The zero-order valence-electron chi connectivity index (χ0n) is 16.3. The van der Waals surface area contributed by atoms with Crippen molar-refractivity contribution in [1.82, 2.24) is 15.1 Å². The van der Waals surface area contributed by atoms with E-state index in [1.165, 1.54) is 0 Å². The van der Waals surface area contributed by atoms with Gasteiger partial charge in [-0.15, -0.1) is 0 Å². The van der Waals surface area contributed by atoms with E-state index in [1.54, 1.807) is 59.4 Å². The molecule has 0 radical (unpaired) electrons. The molecule has 0 atom stereocenters. The molecule has 3 aromatic rings. The number of anilines is 1. The maximum atomic E-state index is 12.6. The van der Waals surface area contributed by atoms with Crippen molar-refractivity contribution in [3.05, 3.63) is 82.1 Å². The van der Waals surface area contributed by atoms with Gasteiger partial charge in [0.1, 0.15) is 0 Å². The van der Waals surface area contributed by atoms with Crippen LogP contribution >= 0.6 is 11.6 Å². The minimum Gasteiger partial charge on any atom is -0.352 e. The number of nitrogens with one attached hydrogen (secondary N) is 1. The fourth-order valence-electron chi connectivity index (χ4n) is 3.36. The van der Waals surface area contributed by atoms with E-state index in [0.29, 0.717) is 46.9 Å². The number of hydrogen-bond donors (Lipinski definition) is 1. The molecule has 8 heteroatoms. The van der Waals surface area contributed by atoms with Crippen LogP contribution < -0.4 is 10.2 Å². The quantitative estimate of drug-likeness (QED) is 0.487. The van der Waals surface area contributed by atoms with Gasteiger partial charge in [-0.05, 0) is 43.7 Å². The number of amides is 3. The Hall–Kier alpha value is -3.45. The van der Waals surface area contributed by atoms with Gasteiger partial charge in [-0.3, -0.25) is 19.1 Å². The summed E-state index contributed by atoms with van der Waals surface area (Å²) < 4.78 is 1.74. The summed E-state index contributed by atoms with van der Waals surface area (Å²) in [7, 11) is 0. The number of fused-ring (bicyclic) bond motifs is 1. The van der Waals surface area contributed by atoms with Gasteiger partial charge in [-0.1, -0.05) is 29.8 Å². The summed E-state index contributed by atoms with van der Waals surface area (Å²) in [5, 5.41) is 7.74. The second-order valence-electron chi connectivity index (χ2n) is 6.98. The van der Waals surface area contributed by atoms with Gasteiger partial charge >= 0.3 is 0 Å². The number of halogens is 1. The fraction of sp³-hybridized carbons (Fsp3) is 0.182. The van der Waals surface area contributed by atoms with Crippen molar-refractivity contribution in [2.24, 2.45) is 0 Å². The van der Waals surface area contributed by atoms with Crippen LogP contribution in [-0.4, -0.2) is 34.0 Å². The van der Waals surface area contributed by atoms with E-state index in [2.05, 4.69) is 10.4 Å². The molecule has 7 nitrogen and oxygen atoms in total. The van der Waals surface area contributed by atoms with Crippen molar-refractivity contribution < 1.29 is 14.4 Å². The van der Waals surface area contributed by atoms with Gasteiger partial charge in [-0.25, -0.2) is 4.90 Å². The maximum absolute atomic E-state index is 12.6. The molecule has 0 fully saturated rings. The van der Waals surface area contributed by atoms with Crippen molar-refractivity contribution in [2.45, 2.75) is 19.9 Å². The minimum absolute atomic E-state index is 0.275. The Balaban J connectivity index is 1.40. The maximum Gasteiger partial charge on any atom is 0.266 e. The van der Waals surface area contributed by atoms with Crippen LogP contribution in [0.3, 0.4) is 0 Å². The van der Waals surface area contributed by atoms with E-state index in [0.717, 1.165) is 10.6 Å². The van der Waals surface area contributed by atoms with Gasteiger partial charge in [0.25, 0.3) is 17.7 Å². The lowest BCUT2D eigenvalue weighted by Gasteiger charge is -2.15. The molecular formula is C22H19ClN4O3. The Bertz CT molecular complexity index is 1100. The first-order valence-corrected chi connectivity index (χ1v) is 9.89. The van der Waals surface area contributed by atoms with Gasteiger partial charge in [0.2, 0.25) is 0 Å². The molecule has 0 unspecified atom stereocenters. The number of carbonyl (C=O) groups excluding carboxylic acids is 3. The van der Waals surface area contributed by atoms with Gasteiger partial charge < -0.3 is 5.32 Å². The zero-order valence-corrected chi connectivity index (χ0v) is 17.0. The Kier molecular flexibility index (Phi) is 5.37. The van der Waals surface area contributed by atoms with Crippen molar-refractivity contribution in [3.8, 4) is 0 Å². The molecule has 2 aromatic carbocycles. The van der Waals surface area contributed by atoms with E-state index in [9.17, 15) is 14.4 Å².